The molecule has 5 heteroatoms. The van der Waals surface area contributed by atoms with Crippen LogP contribution in [0.3, 0.4) is 0 Å². The van der Waals surface area contributed by atoms with Gasteiger partial charge in [0.15, 0.2) is 0 Å². The largest absolute Gasteiger partial charge is 0.352 e. The number of amides is 2. The van der Waals surface area contributed by atoms with E-state index in [2.05, 4.69) is 16.0 Å². The molecule has 1 aliphatic carbocycles. The Morgan fingerprint density at radius 3 is 2.76 bits per heavy atom. The van der Waals surface area contributed by atoms with Crippen molar-refractivity contribution in [3.05, 3.63) is 29.8 Å². The van der Waals surface area contributed by atoms with Crippen LogP contribution in [0.1, 0.15) is 50.5 Å². The maximum absolute atomic E-state index is 12.2. The van der Waals surface area contributed by atoms with E-state index in [1.165, 1.54) is 6.42 Å². The lowest BCUT2D eigenvalue weighted by atomic mass is 10.0. The van der Waals surface area contributed by atoms with Crippen LogP contribution in [0.5, 0.6) is 0 Å². The summed E-state index contributed by atoms with van der Waals surface area (Å²) in [4.78, 5) is 24.2. The van der Waals surface area contributed by atoms with E-state index in [0.29, 0.717) is 18.9 Å². The molecule has 1 aromatic carbocycles. The zero-order chi connectivity index (χ0) is 17.5. The molecule has 1 atom stereocenters. The fourth-order valence-corrected chi connectivity index (χ4v) is 3.78. The summed E-state index contributed by atoms with van der Waals surface area (Å²) in [7, 11) is 0. The lowest BCUT2D eigenvalue weighted by Crippen LogP contribution is -2.24. The van der Waals surface area contributed by atoms with Crippen molar-refractivity contribution in [3.8, 4) is 0 Å². The van der Waals surface area contributed by atoms with Crippen LogP contribution in [0.15, 0.2) is 24.3 Å². The highest BCUT2D eigenvalue weighted by molar-refractivity contribution is 5.92. The first kappa shape index (κ1) is 17.9. The van der Waals surface area contributed by atoms with Gasteiger partial charge in [-0.3, -0.25) is 9.59 Å². The van der Waals surface area contributed by atoms with Crippen LogP contribution < -0.4 is 16.0 Å². The first-order chi connectivity index (χ1) is 12.2. The Kier molecular flexibility index (Phi) is 6.45. The Morgan fingerprint density at radius 1 is 1.16 bits per heavy atom. The molecule has 136 valence electrons. The second-order valence-electron chi connectivity index (χ2n) is 7.35. The van der Waals surface area contributed by atoms with Crippen molar-refractivity contribution in [2.24, 2.45) is 11.8 Å². The Labute approximate surface area is 150 Å². The van der Waals surface area contributed by atoms with Gasteiger partial charge in [-0.25, -0.2) is 0 Å². The molecule has 2 aliphatic rings. The van der Waals surface area contributed by atoms with Crippen molar-refractivity contribution in [2.75, 3.05) is 18.4 Å². The molecule has 0 radical (unpaired) electrons. The molecule has 3 N–H and O–H groups in total. The third kappa shape index (κ3) is 5.56. The highest BCUT2D eigenvalue weighted by Crippen LogP contribution is 2.26. The average Bonchev–Trinajstić information content (AvgIpc) is 3.32. The minimum atomic E-state index is 0.104. The number of anilines is 1. The minimum Gasteiger partial charge on any atom is -0.352 e. The molecule has 1 aromatic rings. The average molecular weight is 343 g/mol. The molecule has 0 spiro atoms. The van der Waals surface area contributed by atoms with Gasteiger partial charge in [0.25, 0.3) is 0 Å². The van der Waals surface area contributed by atoms with Crippen molar-refractivity contribution >= 4 is 17.5 Å². The van der Waals surface area contributed by atoms with Gasteiger partial charge in [0.05, 0.1) is 0 Å². The topological polar surface area (TPSA) is 70.2 Å². The van der Waals surface area contributed by atoms with Crippen LogP contribution in [0, 0.1) is 11.8 Å². The van der Waals surface area contributed by atoms with E-state index in [4.69, 9.17) is 0 Å². The number of rotatable bonds is 7. The summed E-state index contributed by atoms with van der Waals surface area (Å²) in [6, 6.07) is 7.77. The van der Waals surface area contributed by atoms with E-state index in [0.717, 1.165) is 56.4 Å². The first-order valence-electron chi connectivity index (χ1n) is 9.58. The lowest BCUT2D eigenvalue weighted by molar-refractivity contribution is -0.121. The van der Waals surface area contributed by atoms with Gasteiger partial charge in [0.1, 0.15) is 0 Å². The molecule has 1 aliphatic heterocycles. The van der Waals surface area contributed by atoms with Crippen LogP contribution in [-0.2, 0) is 16.1 Å². The van der Waals surface area contributed by atoms with Crippen LogP contribution in [0.25, 0.3) is 0 Å². The molecule has 0 aromatic heterocycles. The number of carbonyl (C=O) groups excluding carboxylic acids is 2. The van der Waals surface area contributed by atoms with Gasteiger partial charge in [-0.05, 0) is 62.4 Å². The normalized spacial score (nSPS) is 20.6. The molecular formula is C20H29N3O2. The molecule has 2 fully saturated rings. The van der Waals surface area contributed by atoms with E-state index in [9.17, 15) is 9.59 Å². The summed E-state index contributed by atoms with van der Waals surface area (Å²) in [5.74, 6) is 1.03. The highest BCUT2D eigenvalue weighted by Gasteiger charge is 2.22. The van der Waals surface area contributed by atoms with Gasteiger partial charge in [0, 0.05) is 24.6 Å². The van der Waals surface area contributed by atoms with E-state index < -0.39 is 0 Å². The van der Waals surface area contributed by atoms with Crippen LogP contribution >= 0.6 is 0 Å². The van der Waals surface area contributed by atoms with E-state index in [-0.39, 0.29) is 17.7 Å². The van der Waals surface area contributed by atoms with Gasteiger partial charge in [0.2, 0.25) is 11.8 Å². The molecule has 0 bridgehead atoms. The number of carbonyl (C=O) groups is 2. The van der Waals surface area contributed by atoms with Crippen LogP contribution in [-0.4, -0.2) is 24.9 Å². The fourth-order valence-electron chi connectivity index (χ4n) is 3.78. The maximum Gasteiger partial charge on any atom is 0.227 e. The SMILES string of the molecule is O=C(CCC1CCNC1)NCc1cccc(NC(=O)C2CCCC2)c1. The quantitative estimate of drug-likeness (QED) is 0.713. The molecule has 3 rings (SSSR count). The van der Waals surface area contributed by atoms with Crippen LogP contribution in [0.2, 0.25) is 0 Å². The summed E-state index contributed by atoms with van der Waals surface area (Å²) < 4.78 is 0. The molecule has 2 amide bonds. The minimum absolute atomic E-state index is 0.104. The Bertz CT molecular complexity index is 590. The predicted molar refractivity (Wildman–Crippen MR) is 99.1 cm³/mol. The standard InChI is InChI=1S/C20H29N3O2/c24-19(9-8-15-10-11-21-13-15)22-14-16-4-3-7-18(12-16)23-20(25)17-5-1-2-6-17/h3-4,7,12,15,17,21H,1-2,5-6,8-11,13-14H2,(H,22,24)(H,23,25). The Balaban J connectivity index is 1.42. The molecule has 25 heavy (non-hydrogen) atoms. The van der Waals surface area contributed by atoms with Crippen molar-refractivity contribution < 1.29 is 9.59 Å². The molecule has 5 nitrogen and oxygen atoms in total. The lowest BCUT2D eigenvalue weighted by Gasteiger charge is -2.12. The zero-order valence-electron chi connectivity index (χ0n) is 14.9. The summed E-state index contributed by atoms with van der Waals surface area (Å²) in [6.07, 6.45) is 7.02. The molecule has 1 heterocycles. The predicted octanol–water partition coefficient (Wildman–Crippen LogP) is 2.82. The third-order valence-electron chi connectivity index (χ3n) is 5.35. The first-order valence-corrected chi connectivity index (χ1v) is 9.58. The van der Waals surface area contributed by atoms with E-state index in [1.54, 1.807) is 0 Å². The number of hydrogen-bond donors (Lipinski definition) is 3. The number of nitrogens with one attached hydrogen (secondary N) is 3. The number of benzene rings is 1. The van der Waals surface area contributed by atoms with Gasteiger partial charge in [-0.15, -0.1) is 0 Å². The monoisotopic (exact) mass is 343 g/mol. The summed E-state index contributed by atoms with van der Waals surface area (Å²) >= 11 is 0. The van der Waals surface area contributed by atoms with E-state index >= 15 is 0 Å². The van der Waals surface area contributed by atoms with Crippen molar-refractivity contribution in [1.82, 2.24) is 10.6 Å². The highest BCUT2D eigenvalue weighted by atomic mass is 16.2. The molecular weight excluding hydrogens is 314 g/mol. The maximum atomic E-state index is 12.2. The molecule has 1 saturated carbocycles. The van der Waals surface area contributed by atoms with Crippen molar-refractivity contribution in [1.29, 1.82) is 0 Å². The summed E-state index contributed by atoms with van der Waals surface area (Å²) in [5.41, 5.74) is 1.83. The van der Waals surface area contributed by atoms with Gasteiger partial charge < -0.3 is 16.0 Å². The van der Waals surface area contributed by atoms with Crippen LogP contribution in [0.4, 0.5) is 5.69 Å². The Hall–Kier alpha value is -1.88. The van der Waals surface area contributed by atoms with Crippen molar-refractivity contribution in [2.45, 2.75) is 51.5 Å². The zero-order valence-corrected chi connectivity index (χ0v) is 14.9. The van der Waals surface area contributed by atoms with Crippen molar-refractivity contribution in [3.63, 3.8) is 0 Å². The number of hydrogen-bond acceptors (Lipinski definition) is 3. The molecule has 1 unspecified atom stereocenters. The van der Waals surface area contributed by atoms with Gasteiger partial charge in [-0.1, -0.05) is 25.0 Å². The fraction of sp³-hybridized carbons (Fsp3) is 0.600. The summed E-state index contributed by atoms with van der Waals surface area (Å²) in [5, 5.41) is 9.33. The summed E-state index contributed by atoms with van der Waals surface area (Å²) in [6.45, 7) is 2.62. The smallest absolute Gasteiger partial charge is 0.227 e. The van der Waals surface area contributed by atoms with Gasteiger partial charge in [-0.2, -0.15) is 0 Å². The molecule has 1 saturated heterocycles. The second-order valence-corrected chi connectivity index (χ2v) is 7.35. The van der Waals surface area contributed by atoms with E-state index in [1.807, 2.05) is 24.3 Å². The second kappa shape index (κ2) is 8.99. The third-order valence-corrected chi connectivity index (χ3v) is 5.35. The van der Waals surface area contributed by atoms with Gasteiger partial charge >= 0.3 is 0 Å². The Morgan fingerprint density at radius 2 is 2.00 bits per heavy atom.